The number of hydrogen-bond donors (Lipinski definition) is 1. The molecule has 0 radical (unpaired) electrons. The highest BCUT2D eigenvalue weighted by Crippen LogP contribution is 2.32. The van der Waals surface area contributed by atoms with Crippen LogP contribution in [0.5, 0.6) is 0 Å². The molecule has 0 aliphatic carbocycles. The number of amides is 1. The number of aryl methyl sites for hydroxylation is 2. The Morgan fingerprint density at radius 3 is 2.13 bits per heavy atom. The average Bonchev–Trinajstić information content (AvgIpc) is 3.22. The minimum Gasteiger partial charge on any atom is -0.480 e. The molecule has 2 heterocycles. The number of benzene rings is 3. The molecule has 7 heteroatoms. The number of hydrogen-bond acceptors (Lipinski definition) is 4. The summed E-state index contributed by atoms with van der Waals surface area (Å²) < 4.78 is 2.10. The average molecular weight is 523 g/mol. The predicted molar refractivity (Wildman–Crippen MR) is 152 cm³/mol. The van der Waals surface area contributed by atoms with Crippen LogP contribution >= 0.6 is 0 Å². The zero-order valence-corrected chi connectivity index (χ0v) is 22.8. The highest BCUT2D eigenvalue weighted by Gasteiger charge is 2.40. The Morgan fingerprint density at radius 1 is 0.974 bits per heavy atom. The van der Waals surface area contributed by atoms with Gasteiger partial charge in [0, 0.05) is 38.4 Å². The summed E-state index contributed by atoms with van der Waals surface area (Å²) >= 11 is 0. The first kappa shape index (κ1) is 26.2. The zero-order chi connectivity index (χ0) is 27.7. The Hall–Kier alpha value is -4.39. The van der Waals surface area contributed by atoms with Crippen LogP contribution in [-0.2, 0) is 29.1 Å². The van der Waals surface area contributed by atoms with Crippen molar-refractivity contribution in [3.05, 3.63) is 118 Å². The monoisotopic (exact) mass is 522 g/mol. The van der Waals surface area contributed by atoms with Gasteiger partial charge in [0.15, 0.2) is 0 Å². The second-order valence-corrected chi connectivity index (χ2v) is 10.4. The zero-order valence-electron chi connectivity index (χ0n) is 22.8. The number of fused-ring (bicyclic) bond motifs is 1. The summed E-state index contributed by atoms with van der Waals surface area (Å²) in [6, 6.07) is 24.5. The molecule has 1 aliphatic rings. The number of imidazole rings is 1. The highest BCUT2D eigenvalue weighted by molar-refractivity contribution is 5.91. The molecular weight excluding hydrogens is 488 g/mol. The molecule has 0 saturated heterocycles. The normalized spacial score (nSPS) is 14.8. The van der Waals surface area contributed by atoms with Crippen LogP contribution in [0, 0.1) is 13.8 Å². The number of aromatic nitrogens is 2. The molecule has 200 valence electrons. The van der Waals surface area contributed by atoms with E-state index in [2.05, 4.69) is 34.6 Å². The smallest absolute Gasteiger partial charge is 0.326 e. The molecule has 39 heavy (non-hydrogen) atoms. The Kier molecular flexibility index (Phi) is 7.24. The van der Waals surface area contributed by atoms with Gasteiger partial charge in [0.25, 0.3) is 0 Å². The molecule has 5 rings (SSSR count). The van der Waals surface area contributed by atoms with E-state index in [0.717, 1.165) is 39.6 Å². The molecule has 1 aliphatic heterocycles. The van der Waals surface area contributed by atoms with Gasteiger partial charge in [-0.2, -0.15) is 0 Å². The molecule has 3 aromatic carbocycles. The first-order chi connectivity index (χ1) is 18.7. The van der Waals surface area contributed by atoms with Gasteiger partial charge in [-0.25, -0.2) is 9.78 Å². The number of aliphatic carboxylic acids is 1. The Balaban J connectivity index is 1.49. The minimum absolute atomic E-state index is 0.160. The summed E-state index contributed by atoms with van der Waals surface area (Å²) in [5.74, 6) is -1.02. The van der Waals surface area contributed by atoms with E-state index < -0.39 is 17.9 Å². The van der Waals surface area contributed by atoms with Crippen molar-refractivity contribution in [3.63, 3.8) is 0 Å². The fourth-order valence-corrected chi connectivity index (χ4v) is 5.69. The van der Waals surface area contributed by atoms with Crippen molar-refractivity contribution >= 4 is 17.6 Å². The second-order valence-electron chi connectivity index (χ2n) is 10.4. The molecule has 0 fully saturated rings. The standard InChI is InChI=1S/C32H34N4O3/c1-21-17-23(15-16-27(21)34(3)4)19-35-22(2)33-26-20-36(29(32(38)39)18-28(26)35)31(37)30(24-11-7-5-8-12-24)25-13-9-6-10-14-25/h5-17,29-30H,18-20H2,1-4H3,(H,38,39). The van der Waals surface area contributed by atoms with Gasteiger partial charge in [0.05, 0.1) is 18.2 Å². The van der Waals surface area contributed by atoms with Crippen LogP contribution in [0.1, 0.15) is 45.4 Å². The molecule has 1 aromatic heterocycles. The second kappa shape index (κ2) is 10.8. The Labute approximate surface area is 229 Å². The molecule has 1 N–H and O–H groups in total. The van der Waals surface area contributed by atoms with Gasteiger partial charge in [0.2, 0.25) is 5.91 Å². The summed E-state index contributed by atoms with van der Waals surface area (Å²) in [4.78, 5) is 35.1. The van der Waals surface area contributed by atoms with E-state index >= 15 is 0 Å². The van der Waals surface area contributed by atoms with E-state index in [1.807, 2.05) is 81.7 Å². The summed E-state index contributed by atoms with van der Waals surface area (Å²) in [6.07, 6.45) is 0.211. The summed E-state index contributed by atoms with van der Waals surface area (Å²) in [6.45, 7) is 4.79. The highest BCUT2D eigenvalue weighted by atomic mass is 16.4. The van der Waals surface area contributed by atoms with Gasteiger partial charge in [-0.15, -0.1) is 0 Å². The molecule has 1 atom stereocenters. The van der Waals surface area contributed by atoms with E-state index in [0.29, 0.717) is 6.54 Å². The lowest BCUT2D eigenvalue weighted by molar-refractivity contribution is -0.151. The third-order valence-corrected chi connectivity index (χ3v) is 7.59. The van der Waals surface area contributed by atoms with Crippen LogP contribution in [0.4, 0.5) is 5.69 Å². The maximum atomic E-state index is 14.2. The van der Waals surface area contributed by atoms with Gasteiger partial charge < -0.3 is 19.5 Å². The van der Waals surface area contributed by atoms with E-state index in [4.69, 9.17) is 4.98 Å². The first-order valence-corrected chi connectivity index (χ1v) is 13.2. The lowest BCUT2D eigenvalue weighted by Crippen LogP contribution is -2.50. The SMILES string of the molecule is Cc1cc(Cn2c(C)nc3c2CC(C(=O)O)N(C(=O)C(c2ccccc2)c2ccccc2)C3)ccc1N(C)C. The van der Waals surface area contributed by atoms with Crippen molar-refractivity contribution in [1.29, 1.82) is 0 Å². The van der Waals surface area contributed by atoms with Gasteiger partial charge in [-0.1, -0.05) is 72.8 Å². The number of carbonyl (C=O) groups is 2. The number of carboxylic acids is 1. The molecular formula is C32H34N4O3. The number of anilines is 1. The fourth-order valence-electron chi connectivity index (χ4n) is 5.69. The number of carbonyl (C=O) groups excluding carboxylic acids is 1. The summed E-state index contributed by atoms with van der Waals surface area (Å²) in [5.41, 5.74) is 6.78. The van der Waals surface area contributed by atoms with Gasteiger partial charge in [-0.3, -0.25) is 4.79 Å². The van der Waals surface area contributed by atoms with Crippen LogP contribution < -0.4 is 4.90 Å². The molecule has 0 bridgehead atoms. The quantitative estimate of drug-likeness (QED) is 0.378. The maximum absolute atomic E-state index is 14.2. The van der Waals surface area contributed by atoms with Crippen molar-refractivity contribution in [2.45, 2.75) is 45.3 Å². The largest absolute Gasteiger partial charge is 0.480 e. The Bertz CT molecular complexity index is 1460. The van der Waals surface area contributed by atoms with Gasteiger partial charge >= 0.3 is 5.97 Å². The molecule has 0 saturated carbocycles. The van der Waals surface area contributed by atoms with Crippen molar-refractivity contribution in [3.8, 4) is 0 Å². The van der Waals surface area contributed by atoms with E-state index in [-0.39, 0.29) is 18.9 Å². The van der Waals surface area contributed by atoms with Crippen LogP contribution in [0.2, 0.25) is 0 Å². The van der Waals surface area contributed by atoms with Gasteiger partial charge in [-0.05, 0) is 42.2 Å². The number of carboxylic acid groups (broad SMARTS) is 1. The Morgan fingerprint density at radius 2 is 1.59 bits per heavy atom. The van der Waals surface area contributed by atoms with E-state index in [1.54, 1.807) is 0 Å². The maximum Gasteiger partial charge on any atom is 0.326 e. The van der Waals surface area contributed by atoms with Crippen LogP contribution in [0.15, 0.2) is 78.9 Å². The van der Waals surface area contributed by atoms with E-state index in [1.165, 1.54) is 10.5 Å². The molecule has 4 aromatic rings. The third kappa shape index (κ3) is 5.17. The van der Waals surface area contributed by atoms with E-state index in [9.17, 15) is 14.7 Å². The van der Waals surface area contributed by atoms with Crippen molar-refractivity contribution < 1.29 is 14.7 Å². The van der Waals surface area contributed by atoms with Crippen LogP contribution in [-0.4, -0.2) is 51.6 Å². The summed E-state index contributed by atoms with van der Waals surface area (Å²) in [5, 5.41) is 10.3. The molecule has 0 spiro atoms. The minimum atomic E-state index is -1.01. The molecule has 7 nitrogen and oxygen atoms in total. The van der Waals surface area contributed by atoms with Gasteiger partial charge in [0.1, 0.15) is 11.9 Å². The third-order valence-electron chi connectivity index (χ3n) is 7.59. The topological polar surface area (TPSA) is 78.7 Å². The fraction of sp³-hybridized carbons (Fsp3) is 0.281. The van der Waals surface area contributed by atoms with Crippen LogP contribution in [0.25, 0.3) is 0 Å². The predicted octanol–water partition coefficient (Wildman–Crippen LogP) is 4.78. The van der Waals surface area contributed by atoms with Crippen molar-refractivity contribution in [2.75, 3.05) is 19.0 Å². The van der Waals surface area contributed by atoms with Crippen molar-refractivity contribution in [2.24, 2.45) is 0 Å². The number of rotatable bonds is 7. The van der Waals surface area contributed by atoms with Crippen LogP contribution in [0.3, 0.4) is 0 Å². The number of nitrogens with zero attached hydrogens (tertiary/aromatic N) is 4. The first-order valence-electron chi connectivity index (χ1n) is 13.2. The van der Waals surface area contributed by atoms with Crippen molar-refractivity contribution in [1.82, 2.24) is 14.5 Å². The lowest BCUT2D eigenvalue weighted by Gasteiger charge is -2.35. The molecule has 1 amide bonds. The summed E-state index contributed by atoms with van der Waals surface area (Å²) in [7, 11) is 4.05. The lowest BCUT2D eigenvalue weighted by atomic mass is 9.88. The molecule has 1 unspecified atom stereocenters.